The van der Waals surface area contributed by atoms with Gasteiger partial charge in [0, 0.05) is 38.2 Å². The molecule has 0 amide bonds. The third kappa shape index (κ3) is 3.93. The van der Waals surface area contributed by atoms with Gasteiger partial charge in [0.2, 0.25) is 0 Å². The molecule has 0 aliphatic heterocycles. The first-order chi connectivity index (χ1) is 8.86. The van der Waals surface area contributed by atoms with E-state index in [1.54, 1.807) is 0 Å². The van der Waals surface area contributed by atoms with E-state index in [4.69, 9.17) is 0 Å². The van der Waals surface area contributed by atoms with Crippen molar-refractivity contribution in [2.24, 2.45) is 0 Å². The molecule has 0 spiro atoms. The van der Waals surface area contributed by atoms with Gasteiger partial charge in [-0.1, -0.05) is 18.2 Å². The summed E-state index contributed by atoms with van der Waals surface area (Å²) in [6, 6.07) is 12.6. The van der Waals surface area contributed by atoms with Crippen LogP contribution in [-0.4, -0.2) is 25.1 Å². The van der Waals surface area contributed by atoms with Crippen LogP contribution < -0.4 is 10.2 Å². The molecule has 1 aromatic carbocycles. The molecule has 0 saturated heterocycles. The highest BCUT2D eigenvalue weighted by Gasteiger charge is 1.99. The van der Waals surface area contributed by atoms with E-state index in [9.17, 15) is 0 Å². The van der Waals surface area contributed by atoms with E-state index in [1.807, 2.05) is 12.4 Å². The topological polar surface area (TPSA) is 31.1 Å². The third-order valence-corrected chi connectivity index (χ3v) is 3.04. The van der Waals surface area contributed by atoms with Crippen LogP contribution in [0.15, 0.2) is 48.8 Å². The molecule has 1 heterocycles. The Hall–Kier alpha value is -1.74. The fourth-order valence-electron chi connectivity index (χ4n) is 1.95. The summed E-state index contributed by atoms with van der Waals surface area (Å²) in [7, 11) is 2.14. The summed E-state index contributed by atoms with van der Waals surface area (Å²) in [5, 5.41) is 3.45. The summed E-state index contributed by atoms with van der Waals surface area (Å²) in [5.41, 5.74) is 2.59. The minimum Gasteiger partial charge on any atom is -0.375 e. The first-order valence-electron chi connectivity index (χ1n) is 6.45. The number of anilines is 1. The number of H-pyrrole nitrogens is 1. The Bertz CT molecular complexity index is 422. The van der Waals surface area contributed by atoms with Crippen molar-refractivity contribution in [3.05, 3.63) is 54.4 Å². The Morgan fingerprint density at radius 3 is 2.72 bits per heavy atom. The van der Waals surface area contributed by atoms with Gasteiger partial charge in [-0.15, -0.1) is 0 Å². The van der Waals surface area contributed by atoms with Gasteiger partial charge in [-0.2, -0.15) is 0 Å². The van der Waals surface area contributed by atoms with Crippen LogP contribution in [0.1, 0.15) is 12.0 Å². The molecule has 0 aliphatic carbocycles. The molecule has 0 atom stereocenters. The van der Waals surface area contributed by atoms with Crippen LogP contribution in [0.2, 0.25) is 0 Å². The van der Waals surface area contributed by atoms with E-state index in [0.29, 0.717) is 0 Å². The van der Waals surface area contributed by atoms with Gasteiger partial charge < -0.3 is 15.2 Å². The van der Waals surface area contributed by atoms with Gasteiger partial charge in [0.25, 0.3) is 0 Å². The van der Waals surface area contributed by atoms with Gasteiger partial charge in [-0.25, -0.2) is 0 Å². The molecule has 0 aliphatic rings. The maximum absolute atomic E-state index is 3.45. The number of nitrogens with one attached hydrogen (secondary N) is 2. The molecule has 96 valence electrons. The van der Waals surface area contributed by atoms with E-state index in [0.717, 1.165) is 26.1 Å². The van der Waals surface area contributed by atoms with Crippen molar-refractivity contribution in [3.63, 3.8) is 0 Å². The van der Waals surface area contributed by atoms with Crippen molar-refractivity contribution < 1.29 is 0 Å². The highest BCUT2D eigenvalue weighted by atomic mass is 15.1. The first-order valence-corrected chi connectivity index (χ1v) is 6.45. The Balaban J connectivity index is 1.61. The summed E-state index contributed by atoms with van der Waals surface area (Å²) in [4.78, 5) is 5.35. The molecular formula is C15H21N3. The zero-order valence-corrected chi connectivity index (χ0v) is 10.9. The number of hydrogen-bond acceptors (Lipinski definition) is 2. The molecule has 2 rings (SSSR count). The molecule has 2 aromatic rings. The number of hydrogen-bond donors (Lipinski definition) is 2. The number of nitrogens with zero attached hydrogens (tertiary/aromatic N) is 1. The van der Waals surface area contributed by atoms with E-state index in [1.165, 1.54) is 11.3 Å². The SMILES string of the molecule is CN(CCCNCc1cc[nH]c1)c1ccccc1. The van der Waals surface area contributed by atoms with E-state index < -0.39 is 0 Å². The van der Waals surface area contributed by atoms with Crippen LogP contribution >= 0.6 is 0 Å². The van der Waals surface area contributed by atoms with Crippen molar-refractivity contribution in [1.82, 2.24) is 10.3 Å². The Morgan fingerprint density at radius 2 is 2.00 bits per heavy atom. The standard InChI is InChI=1S/C15H21N3/c1-18(15-6-3-2-4-7-15)11-5-9-16-12-14-8-10-17-13-14/h2-4,6-8,10,13,16-17H,5,9,11-12H2,1H3. The quantitative estimate of drug-likeness (QED) is 0.732. The minimum atomic E-state index is 0.943. The molecule has 1 aromatic heterocycles. The van der Waals surface area contributed by atoms with Crippen LogP contribution in [0.25, 0.3) is 0 Å². The minimum absolute atomic E-state index is 0.943. The molecule has 0 fully saturated rings. The van der Waals surface area contributed by atoms with Crippen LogP contribution in [0, 0.1) is 0 Å². The second kappa shape index (κ2) is 6.87. The highest BCUT2D eigenvalue weighted by molar-refractivity contribution is 5.44. The van der Waals surface area contributed by atoms with Gasteiger partial charge in [0.15, 0.2) is 0 Å². The zero-order chi connectivity index (χ0) is 12.6. The van der Waals surface area contributed by atoms with Crippen molar-refractivity contribution >= 4 is 5.69 Å². The highest BCUT2D eigenvalue weighted by Crippen LogP contribution is 2.10. The fraction of sp³-hybridized carbons (Fsp3) is 0.333. The molecule has 18 heavy (non-hydrogen) atoms. The molecule has 0 radical (unpaired) electrons. The predicted molar refractivity (Wildman–Crippen MR) is 76.8 cm³/mol. The number of para-hydroxylation sites is 1. The average Bonchev–Trinajstić information content (AvgIpc) is 2.92. The average molecular weight is 243 g/mol. The maximum Gasteiger partial charge on any atom is 0.0363 e. The van der Waals surface area contributed by atoms with Gasteiger partial charge in [0.05, 0.1) is 0 Å². The number of aromatic nitrogens is 1. The normalized spacial score (nSPS) is 10.5. The van der Waals surface area contributed by atoms with Gasteiger partial charge in [0.1, 0.15) is 0 Å². The lowest BCUT2D eigenvalue weighted by molar-refractivity contribution is 0.646. The number of benzene rings is 1. The summed E-state index contributed by atoms with van der Waals surface area (Å²) in [5.74, 6) is 0. The molecule has 0 saturated carbocycles. The van der Waals surface area contributed by atoms with E-state index in [2.05, 4.69) is 58.6 Å². The molecule has 0 unspecified atom stereocenters. The van der Waals surface area contributed by atoms with Crippen molar-refractivity contribution in [3.8, 4) is 0 Å². The summed E-state index contributed by atoms with van der Waals surface area (Å²) >= 11 is 0. The van der Waals surface area contributed by atoms with Crippen LogP contribution in [0.4, 0.5) is 5.69 Å². The van der Waals surface area contributed by atoms with E-state index in [-0.39, 0.29) is 0 Å². The monoisotopic (exact) mass is 243 g/mol. The Morgan fingerprint density at radius 1 is 1.17 bits per heavy atom. The smallest absolute Gasteiger partial charge is 0.0363 e. The number of rotatable bonds is 7. The summed E-state index contributed by atoms with van der Waals surface area (Å²) < 4.78 is 0. The lowest BCUT2D eigenvalue weighted by Crippen LogP contribution is -2.23. The lowest BCUT2D eigenvalue weighted by atomic mass is 10.3. The molecule has 3 heteroatoms. The zero-order valence-electron chi connectivity index (χ0n) is 10.9. The largest absolute Gasteiger partial charge is 0.375 e. The Kier molecular flexibility index (Phi) is 4.85. The maximum atomic E-state index is 3.45. The van der Waals surface area contributed by atoms with Crippen molar-refractivity contribution in [1.29, 1.82) is 0 Å². The van der Waals surface area contributed by atoms with Gasteiger partial charge >= 0.3 is 0 Å². The molecule has 3 nitrogen and oxygen atoms in total. The van der Waals surface area contributed by atoms with Crippen LogP contribution in [0.5, 0.6) is 0 Å². The molecule has 0 bridgehead atoms. The fourth-order valence-corrected chi connectivity index (χ4v) is 1.95. The first kappa shape index (κ1) is 12.7. The van der Waals surface area contributed by atoms with Gasteiger partial charge in [-0.3, -0.25) is 0 Å². The summed E-state index contributed by atoms with van der Waals surface area (Å²) in [6.45, 7) is 3.06. The molecular weight excluding hydrogens is 222 g/mol. The predicted octanol–water partition coefficient (Wildman–Crippen LogP) is 2.63. The van der Waals surface area contributed by atoms with Crippen LogP contribution in [0.3, 0.4) is 0 Å². The number of aromatic amines is 1. The Labute approximate surface area is 109 Å². The third-order valence-electron chi connectivity index (χ3n) is 3.04. The molecule has 2 N–H and O–H groups in total. The van der Waals surface area contributed by atoms with Crippen LogP contribution in [-0.2, 0) is 6.54 Å². The second-order valence-electron chi connectivity index (χ2n) is 4.51. The van der Waals surface area contributed by atoms with Crippen molar-refractivity contribution in [2.75, 3.05) is 25.0 Å². The summed E-state index contributed by atoms with van der Waals surface area (Å²) in [6.07, 6.45) is 5.14. The van der Waals surface area contributed by atoms with Gasteiger partial charge in [-0.05, 0) is 36.7 Å². The van der Waals surface area contributed by atoms with Crippen molar-refractivity contribution in [2.45, 2.75) is 13.0 Å². The lowest BCUT2D eigenvalue weighted by Gasteiger charge is -2.19. The van der Waals surface area contributed by atoms with E-state index >= 15 is 0 Å². The second-order valence-corrected chi connectivity index (χ2v) is 4.51.